The van der Waals surface area contributed by atoms with Crippen LogP contribution in [0.5, 0.6) is 0 Å². The third-order valence-corrected chi connectivity index (χ3v) is 1.37. The van der Waals surface area contributed by atoms with Gasteiger partial charge < -0.3 is 5.32 Å². The van der Waals surface area contributed by atoms with Crippen molar-refractivity contribution in [1.29, 1.82) is 0 Å². The lowest BCUT2D eigenvalue weighted by Gasteiger charge is -1.76. The number of hydrogen-bond donors (Lipinski definition) is 1. The maximum absolute atomic E-state index is 3.42. The van der Waals surface area contributed by atoms with Crippen LogP contribution in [0.1, 0.15) is 12.8 Å². The third kappa shape index (κ3) is 4.38. The van der Waals surface area contributed by atoms with Gasteiger partial charge in [-0.05, 0) is 37.2 Å². The first-order chi connectivity index (χ1) is 5.50. The van der Waals surface area contributed by atoms with Gasteiger partial charge in [0.1, 0.15) is 0 Å². The normalized spacial score (nSPS) is 15.3. The van der Waals surface area contributed by atoms with Crippen molar-refractivity contribution < 1.29 is 0 Å². The van der Waals surface area contributed by atoms with E-state index in [-0.39, 0.29) is 0 Å². The van der Waals surface area contributed by atoms with Crippen molar-refractivity contribution in [2.45, 2.75) is 12.8 Å². The van der Waals surface area contributed by atoms with Gasteiger partial charge in [0.25, 0.3) is 0 Å². The molecule has 1 aromatic rings. The monoisotopic (exact) mass is 152 g/mol. The van der Waals surface area contributed by atoms with Crippen LogP contribution in [-0.2, 0) is 0 Å². The van der Waals surface area contributed by atoms with E-state index in [1.54, 1.807) is 18.5 Å². The van der Waals surface area contributed by atoms with Gasteiger partial charge in [0, 0.05) is 0 Å². The Labute approximate surface area is 66.0 Å². The highest BCUT2D eigenvalue weighted by Gasteiger charge is 1.93. The quantitative estimate of drug-likeness (QED) is 0.578. The Hall–Kier alpha value is -1.03. The highest BCUT2D eigenvalue weighted by Crippen LogP contribution is 1.90. The second kappa shape index (κ2) is 5.73. The molecule has 11 heavy (non-hydrogen) atoms. The SMILES string of the molecule is C1CCNC1.c1cnnnc1. The van der Waals surface area contributed by atoms with E-state index in [1.165, 1.54) is 25.9 Å². The van der Waals surface area contributed by atoms with Crippen LogP contribution in [0.2, 0.25) is 0 Å². The summed E-state index contributed by atoms with van der Waals surface area (Å²) < 4.78 is 0. The van der Waals surface area contributed by atoms with Crippen molar-refractivity contribution in [3.8, 4) is 0 Å². The molecule has 0 unspecified atom stereocenters. The molecule has 1 aromatic heterocycles. The van der Waals surface area contributed by atoms with E-state index in [2.05, 4.69) is 20.7 Å². The van der Waals surface area contributed by atoms with E-state index in [4.69, 9.17) is 0 Å². The molecule has 1 N–H and O–H groups in total. The lowest BCUT2D eigenvalue weighted by atomic mass is 10.4. The second-order valence-corrected chi connectivity index (χ2v) is 2.27. The zero-order valence-electron chi connectivity index (χ0n) is 6.40. The van der Waals surface area contributed by atoms with Crippen LogP contribution in [0.3, 0.4) is 0 Å². The van der Waals surface area contributed by atoms with Crippen LogP contribution in [0, 0.1) is 0 Å². The van der Waals surface area contributed by atoms with Gasteiger partial charge in [0.15, 0.2) is 0 Å². The summed E-state index contributed by atoms with van der Waals surface area (Å²) in [6.07, 6.45) is 5.93. The van der Waals surface area contributed by atoms with E-state index in [1.807, 2.05) is 0 Å². The van der Waals surface area contributed by atoms with E-state index in [0.29, 0.717) is 0 Å². The molecule has 1 saturated heterocycles. The first kappa shape index (κ1) is 8.07. The minimum absolute atomic E-state index is 1.25. The summed E-state index contributed by atoms with van der Waals surface area (Å²) in [6.45, 7) is 2.50. The van der Waals surface area contributed by atoms with Crippen molar-refractivity contribution in [2.75, 3.05) is 13.1 Å². The molecule has 60 valence electrons. The molecule has 0 aromatic carbocycles. The summed E-state index contributed by atoms with van der Waals surface area (Å²) in [4.78, 5) is 0. The summed E-state index contributed by atoms with van der Waals surface area (Å²) in [5.74, 6) is 0. The molecule has 4 nitrogen and oxygen atoms in total. The molecular weight excluding hydrogens is 140 g/mol. The van der Waals surface area contributed by atoms with Crippen molar-refractivity contribution in [3.63, 3.8) is 0 Å². The maximum Gasteiger partial charge on any atom is 0.0529 e. The Morgan fingerprint density at radius 3 is 1.82 bits per heavy atom. The third-order valence-electron chi connectivity index (χ3n) is 1.37. The van der Waals surface area contributed by atoms with Gasteiger partial charge in [0.05, 0.1) is 12.4 Å². The van der Waals surface area contributed by atoms with Gasteiger partial charge in [-0.15, -0.1) is 10.2 Å². The van der Waals surface area contributed by atoms with Gasteiger partial charge in [-0.1, -0.05) is 0 Å². The molecular formula is C7H12N4. The minimum atomic E-state index is 1.25. The Morgan fingerprint density at radius 2 is 1.64 bits per heavy atom. The predicted molar refractivity (Wildman–Crippen MR) is 41.9 cm³/mol. The van der Waals surface area contributed by atoms with Crippen molar-refractivity contribution in [2.24, 2.45) is 0 Å². The van der Waals surface area contributed by atoms with Crippen LogP contribution in [0.25, 0.3) is 0 Å². The molecule has 0 bridgehead atoms. The molecule has 2 rings (SSSR count). The topological polar surface area (TPSA) is 50.7 Å². The lowest BCUT2D eigenvalue weighted by molar-refractivity contribution is 0.857. The van der Waals surface area contributed by atoms with E-state index >= 15 is 0 Å². The number of nitrogens with zero attached hydrogens (tertiary/aromatic N) is 3. The molecule has 0 aliphatic carbocycles. The van der Waals surface area contributed by atoms with Crippen LogP contribution >= 0.6 is 0 Å². The Bertz CT molecular complexity index is 127. The number of hydrogen-bond acceptors (Lipinski definition) is 4. The molecule has 1 aliphatic heterocycles. The van der Waals surface area contributed by atoms with Crippen LogP contribution in [0.4, 0.5) is 0 Å². The van der Waals surface area contributed by atoms with Crippen LogP contribution in [0.15, 0.2) is 18.5 Å². The molecule has 0 amide bonds. The average Bonchev–Trinajstić information content (AvgIpc) is 2.64. The summed E-state index contributed by atoms with van der Waals surface area (Å²) in [5, 5.41) is 13.4. The van der Waals surface area contributed by atoms with Crippen LogP contribution < -0.4 is 5.32 Å². The Kier molecular flexibility index (Phi) is 4.21. The summed E-state index contributed by atoms with van der Waals surface area (Å²) in [5.41, 5.74) is 0. The van der Waals surface area contributed by atoms with Gasteiger partial charge in [-0.25, -0.2) is 0 Å². The minimum Gasteiger partial charge on any atom is -0.317 e. The fourth-order valence-corrected chi connectivity index (χ4v) is 0.830. The smallest absolute Gasteiger partial charge is 0.0529 e. The summed E-state index contributed by atoms with van der Waals surface area (Å²) in [6, 6.07) is 1.72. The Balaban J connectivity index is 0.000000112. The van der Waals surface area contributed by atoms with Crippen molar-refractivity contribution in [1.82, 2.24) is 20.7 Å². The second-order valence-electron chi connectivity index (χ2n) is 2.27. The summed E-state index contributed by atoms with van der Waals surface area (Å²) >= 11 is 0. The highest BCUT2D eigenvalue weighted by atomic mass is 15.3. The number of nitrogens with one attached hydrogen (secondary N) is 1. The molecule has 1 fully saturated rings. The molecule has 4 heteroatoms. The van der Waals surface area contributed by atoms with Crippen molar-refractivity contribution in [3.05, 3.63) is 18.5 Å². The van der Waals surface area contributed by atoms with Gasteiger partial charge in [-0.3, -0.25) is 0 Å². The molecule has 0 radical (unpaired) electrons. The Morgan fingerprint density at radius 1 is 1.00 bits per heavy atom. The lowest BCUT2D eigenvalue weighted by Crippen LogP contribution is -2.03. The maximum atomic E-state index is 3.42. The number of rotatable bonds is 0. The first-order valence-corrected chi connectivity index (χ1v) is 3.79. The van der Waals surface area contributed by atoms with Crippen molar-refractivity contribution >= 4 is 0 Å². The number of aromatic nitrogens is 3. The van der Waals surface area contributed by atoms with Gasteiger partial charge in [-0.2, -0.15) is 0 Å². The first-order valence-electron chi connectivity index (χ1n) is 3.79. The zero-order chi connectivity index (χ0) is 7.78. The fraction of sp³-hybridized carbons (Fsp3) is 0.571. The molecule has 0 saturated carbocycles. The molecule has 0 spiro atoms. The highest BCUT2D eigenvalue weighted by molar-refractivity contribution is 4.69. The van der Waals surface area contributed by atoms with Crippen LogP contribution in [-0.4, -0.2) is 28.5 Å². The fourth-order valence-electron chi connectivity index (χ4n) is 0.830. The predicted octanol–water partition coefficient (Wildman–Crippen LogP) is 0.241. The average molecular weight is 152 g/mol. The molecule has 1 aliphatic rings. The summed E-state index contributed by atoms with van der Waals surface area (Å²) in [7, 11) is 0. The van der Waals surface area contributed by atoms with Gasteiger partial charge >= 0.3 is 0 Å². The molecule has 0 atom stereocenters. The van der Waals surface area contributed by atoms with E-state index < -0.39 is 0 Å². The standard InChI is InChI=1S/C4H9N.C3H3N3/c1-2-4-5-3-1;1-2-4-6-5-3-1/h5H,1-4H2;1-3H. The largest absolute Gasteiger partial charge is 0.317 e. The van der Waals surface area contributed by atoms with E-state index in [9.17, 15) is 0 Å². The van der Waals surface area contributed by atoms with Gasteiger partial charge in [0.2, 0.25) is 0 Å². The molecule has 2 heterocycles. The zero-order valence-corrected chi connectivity index (χ0v) is 6.40. The van der Waals surface area contributed by atoms with E-state index in [0.717, 1.165) is 0 Å².